The number of aliphatic hydroxyl groups excluding tert-OH is 5. The number of likely N-dealkylation sites (tertiary alicyclic amines) is 1. The Morgan fingerprint density at radius 3 is 2.37 bits per heavy atom. The van der Waals surface area contributed by atoms with Crippen LogP contribution < -0.4 is 5.32 Å². The molecule has 2 aromatic carbocycles. The van der Waals surface area contributed by atoms with Crippen molar-refractivity contribution in [3.63, 3.8) is 0 Å². The highest BCUT2D eigenvalue weighted by atomic mass is 16.8. The van der Waals surface area contributed by atoms with Gasteiger partial charge in [-0.05, 0) is 62.3 Å². The van der Waals surface area contributed by atoms with Crippen LogP contribution in [0.4, 0.5) is 0 Å². The molecule has 19 nitrogen and oxygen atoms in total. The van der Waals surface area contributed by atoms with Gasteiger partial charge in [-0.2, -0.15) is 5.06 Å². The third kappa shape index (κ3) is 9.16. The highest BCUT2D eigenvalue weighted by molar-refractivity contribution is 5.96. The Bertz CT molecular complexity index is 2170. The molecule has 6 N–H and O–H groups in total. The quantitative estimate of drug-likeness (QED) is 0.138. The molecule has 2 amide bonds. The number of nitrogens with one attached hydrogen (secondary N) is 1. The Morgan fingerprint density at radius 1 is 0.970 bits per heavy atom. The topological polar surface area (TPSA) is 253 Å². The van der Waals surface area contributed by atoms with Crippen LogP contribution in [0.25, 0.3) is 6.08 Å². The minimum Gasteiger partial charge on any atom is -0.460 e. The SMILES string of the molecule is CC(C)(C)OC(=O)CCC(CO)NC(=O)C1CCCN1C(=O)C12CC3OC(=O)C1N(Cc1ccc(C=CCOC4OC(CO)C(O)C(O)C4O)cc1)OC2C1OC2(Cc4ccccc4C2)OC31. The molecule has 6 fully saturated rings. The molecule has 2 aromatic rings. The van der Waals surface area contributed by atoms with Crippen molar-refractivity contribution in [2.24, 2.45) is 5.41 Å². The van der Waals surface area contributed by atoms with E-state index in [2.05, 4.69) is 5.32 Å². The van der Waals surface area contributed by atoms with Gasteiger partial charge in [0.2, 0.25) is 11.8 Å². The average molecular weight is 936 g/mol. The lowest BCUT2D eigenvalue weighted by Gasteiger charge is -2.50. The van der Waals surface area contributed by atoms with Crippen LogP contribution in [0.5, 0.6) is 0 Å². The van der Waals surface area contributed by atoms with Gasteiger partial charge in [-0.25, -0.2) is 0 Å². The summed E-state index contributed by atoms with van der Waals surface area (Å²) in [6.45, 7) is 4.58. The number of carbonyl (C=O) groups is 4. The van der Waals surface area contributed by atoms with Gasteiger partial charge in [0.25, 0.3) is 0 Å². The molecule has 0 radical (unpaired) electrons. The van der Waals surface area contributed by atoms with E-state index in [1.165, 1.54) is 9.96 Å². The van der Waals surface area contributed by atoms with Crippen molar-refractivity contribution in [2.45, 2.75) is 157 Å². The van der Waals surface area contributed by atoms with Crippen LogP contribution in [0.2, 0.25) is 0 Å². The van der Waals surface area contributed by atoms with Crippen LogP contribution >= 0.6 is 0 Å². The third-order valence-corrected chi connectivity index (χ3v) is 14.0. The molecular formula is C48H61N3O16. The number of esters is 2. The zero-order chi connectivity index (χ0) is 47.4. The maximum Gasteiger partial charge on any atom is 0.327 e. The van der Waals surface area contributed by atoms with Crippen molar-refractivity contribution in [2.75, 3.05) is 26.4 Å². The van der Waals surface area contributed by atoms with Gasteiger partial charge in [0.1, 0.15) is 65.9 Å². The second kappa shape index (κ2) is 18.8. The van der Waals surface area contributed by atoms with Gasteiger partial charge in [-0.15, -0.1) is 0 Å². The van der Waals surface area contributed by atoms with E-state index in [1.807, 2.05) is 48.5 Å². The Kier molecular flexibility index (Phi) is 13.4. The second-order valence-electron chi connectivity index (χ2n) is 19.8. The Balaban J connectivity index is 0.935. The number of carbonyl (C=O) groups excluding carboxylic acids is 4. The summed E-state index contributed by atoms with van der Waals surface area (Å²) >= 11 is 0. The van der Waals surface area contributed by atoms with Crippen LogP contribution in [0, 0.1) is 5.41 Å². The number of hydroxylamine groups is 2. The van der Waals surface area contributed by atoms with E-state index in [0.29, 0.717) is 25.7 Å². The fourth-order valence-corrected chi connectivity index (χ4v) is 10.9. The largest absolute Gasteiger partial charge is 0.460 e. The summed E-state index contributed by atoms with van der Waals surface area (Å²) < 4.78 is 36.3. The first kappa shape index (κ1) is 47.7. The summed E-state index contributed by atoms with van der Waals surface area (Å²) in [5.41, 5.74) is 1.46. The van der Waals surface area contributed by atoms with Crippen LogP contribution in [0.1, 0.15) is 75.1 Å². The first-order valence-corrected chi connectivity index (χ1v) is 23.2. The van der Waals surface area contributed by atoms with Crippen molar-refractivity contribution in [1.29, 1.82) is 0 Å². The fraction of sp³-hybridized carbons (Fsp3) is 0.625. The number of hydrogen-bond donors (Lipinski definition) is 6. The van der Waals surface area contributed by atoms with E-state index in [-0.39, 0.29) is 39.0 Å². The number of rotatable bonds is 14. The van der Waals surface area contributed by atoms with Crippen molar-refractivity contribution < 1.29 is 78.0 Å². The molecule has 5 saturated heterocycles. The third-order valence-electron chi connectivity index (χ3n) is 14.0. The van der Waals surface area contributed by atoms with E-state index in [4.69, 9.17) is 33.3 Å². The molecule has 19 heteroatoms. The summed E-state index contributed by atoms with van der Waals surface area (Å²) in [7, 11) is 0. The molecule has 1 saturated carbocycles. The molecule has 7 aliphatic rings. The molecule has 0 aromatic heterocycles. The van der Waals surface area contributed by atoms with Crippen molar-refractivity contribution >= 4 is 29.8 Å². The van der Waals surface area contributed by atoms with Gasteiger partial charge in [0, 0.05) is 32.2 Å². The molecule has 5 heterocycles. The fourth-order valence-electron chi connectivity index (χ4n) is 10.9. The molecular weight excluding hydrogens is 875 g/mol. The maximum absolute atomic E-state index is 15.5. The monoisotopic (exact) mass is 935 g/mol. The van der Waals surface area contributed by atoms with Crippen molar-refractivity contribution in [1.82, 2.24) is 15.3 Å². The van der Waals surface area contributed by atoms with Gasteiger partial charge in [-0.3, -0.25) is 24.0 Å². The number of benzene rings is 2. The van der Waals surface area contributed by atoms with Gasteiger partial charge in [0.05, 0.1) is 32.4 Å². The zero-order valence-corrected chi connectivity index (χ0v) is 37.8. The Hall–Kier alpha value is -4.38. The molecule has 9 rings (SSSR count). The summed E-state index contributed by atoms with van der Waals surface area (Å²) in [4.78, 5) is 64.8. The molecule has 67 heavy (non-hydrogen) atoms. The lowest BCUT2D eigenvalue weighted by molar-refractivity contribution is -0.298. The predicted octanol–water partition coefficient (Wildman–Crippen LogP) is 0.185. The van der Waals surface area contributed by atoms with E-state index >= 15 is 4.79 Å². The van der Waals surface area contributed by atoms with Crippen LogP contribution in [-0.2, 0) is 71.8 Å². The van der Waals surface area contributed by atoms with E-state index < -0.39 is 127 Å². The van der Waals surface area contributed by atoms with E-state index in [0.717, 1.165) is 22.3 Å². The smallest absolute Gasteiger partial charge is 0.327 e. The first-order valence-electron chi connectivity index (χ1n) is 23.2. The van der Waals surface area contributed by atoms with Crippen LogP contribution in [0.15, 0.2) is 54.6 Å². The van der Waals surface area contributed by atoms with Gasteiger partial charge in [0.15, 0.2) is 18.1 Å². The summed E-state index contributed by atoms with van der Waals surface area (Å²) in [6.07, 6.45) is -4.88. The van der Waals surface area contributed by atoms with Gasteiger partial charge in [-0.1, -0.05) is 60.7 Å². The number of amides is 2. The molecule has 1 spiro atoms. The number of aliphatic hydroxyl groups is 5. The minimum absolute atomic E-state index is 0.0225. The van der Waals surface area contributed by atoms with Crippen molar-refractivity contribution in [3.8, 4) is 0 Å². The highest BCUT2D eigenvalue weighted by Gasteiger charge is 2.77. The van der Waals surface area contributed by atoms with E-state index in [9.17, 15) is 39.9 Å². The Labute approximate surface area is 387 Å². The molecule has 5 aliphatic heterocycles. The Morgan fingerprint density at radius 2 is 1.69 bits per heavy atom. The minimum atomic E-state index is -1.55. The highest BCUT2D eigenvalue weighted by Crippen LogP contribution is 2.59. The van der Waals surface area contributed by atoms with Crippen LogP contribution in [0.3, 0.4) is 0 Å². The normalized spacial score (nSPS) is 34.5. The molecule has 13 atom stereocenters. The predicted molar refractivity (Wildman–Crippen MR) is 231 cm³/mol. The number of ether oxygens (including phenoxy) is 6. The lowest BCUT2D eigenvalue weighted by Crippen LogP contribution is -2.70. The van der Waals surface area contributed by atoms with Gasteiger partial charge >= 0.3 is 11.9 Å². The first-order chi connectivity index (χ1) is 32.0. The molecule has 2 bridgehead atoms. The van der Waals surface area contributed by atoms with Crippen LogP contribution in [-0.4, -0.2) is 170 Å². The molecule has 2 aliphatic carbocycles. The summed E-state index contributed by atoms with van der Waals surface area (Å²) in [5.74, 6) is -3.07. The summed E-state index contributed by atoms with van der Waals surface area (Å²) in [5, 5.41) is 54.4. The zero-order valence-electron chi connectivity index (χ0n) is 37.8. The number of fused-ring (bicyclic) bond motifs is 5. The van der Waals surface area contributed by atoms with E-state index in [1.54, 1.807) is 32.9 Å². The lowest BCUT2D eigenvalue weighted by atomic mass is 9.62. The molecule has 364 valence electrons. The average Bonchev–Trinajstić information content (AvgIpc) is 4.09. The number of nitrogens with zero attached hydrogens (tertiary/aromatic N) is 2. The standard InChI is InChI=1S/C48H61N3O16/c1-46(2,3)64-34(54)17-16-30(24-52)49-42(58)31-11-6-18-50(31)45(60)48-22-32-38-39(66-47(65-38)20-28-9-4-5-10-29(28)21-47)41(48)67-51(40(48)43(59)62-32)23-27-14-12-26(13-15-27)8-7-19-61-44-37(57)36(56)35(55)33(25-53)63-44/h4-5,7-10,12-15,30-33,35-41,44,52-53,55-57H,6,11,16-25H2,1-3H3,(H,49,58). The van der Waals surface area contributed by atoms with Crippen molar-refractivity contribution in [3.05, 3.63) is 76.9 Å². The second-order valence-corrected chi connectivity index (χ2v) is 19.8. The maximum atomic E-state index is 15.5. The number of hydrogen-bond acceptors (Lipinski definition) is 17. The summed E-state index contributed by atoms with van der Waals surface area (Å²) in [6, 6.07) is 12.5. The molecule has 13 unspecified atom stereocenters. The van der Waals surface area contributed by atoms with Gasteiger partial charge < -0.3 is 64.2 Å².